The highest BCUT2D eigenvalue weighted by Gasteiger charge is 2.20. The number of rotatable bonds is 2. The highest BCUT2D eigenvalue weighted by Crippen LogP contribution is 2.27. The van der Waals surface area contributed by atoms with Crippen molar-refractivity contribution in [3.05, 3.63) is 24.3 Å². The highest BCUT2D eigenvalue weighted by atomic mass is 15.3. The molecule has 5 nitrogen and oxygen atoms in total. The zero-order valence-electron chi connectivity index (χ0n) is 13.2. The van der Waals surface area contributed by atoms with E-state index in [9.17, 15) is 0 Å². The summed E-state index contributed by atoms with van der Waals surface area (Å²) in [5, 5.41) is 10.0. The molecule has 22 heavy (non-hydrogen) atoms. The van der Waals surface area contributed by atoms with Crippen LogP contribution in [0.4, 0.5) is 5.95 Å². The Bertz CT molecular complexity index is 814. The largest absolute Gasteiger partial charge is 0.339 e. The van der Waals surface area contributed by atoms with Crippen LogP contribution in [0.1, 0.15) is 26.7 Å². The topological polar surface area (TPSA) is 46.8 Å². The summed E-state index contributed by atoms with van der Waals surface area (Å²) in [6.45, 7) is 7.41. The highest BCUT2D eigenvalue weighted by molar-refractivity contribution is 6.04. The molecule has 1 aromatic carbocycles. The molecule has 0 unspecified atom stereocenters. The van der Waals surface area contributed by atoms with Crippen LogP contribution in [0.5, 0.6) is 0 Å². The standard InChI is InChI=1S/C17H21N5/c1-3-22-14-7-5-4-6-13(14)15-16(22)18-17(20-19-15)21-10-8-12(2)9-11-21/h4-7,12H,3,8-11H2,1-2H3. The van der Waals surface area contributed by atoms with Gasteiger partial charge < -0.3 is 9.47 Å². The zero-order valence-corrected chi connectivity index (χ0v) is 13.2. The average Bonchev–Trinajstić information content (AvgIpc) is 2.88. The van der Waals surface area contributed by atoms with E-state index in [4.69, 9.17) is 4.98 Å². The van der Waals surface area contributed by atoms with Gasteiger partial charge in [0.25, 0.3) is 0 Å². The van der Waals surface area contributed by atoms with Gasteiger partial charge in [-0.2, -0.15) is 4.98 Å². The maximum absolute atomic E-state index is 4.85. The third kappa shape index (κ3) is 2.03. The first-order valence-electron chi connectivity index (χ1n) is 8.14. The SMILES string of the molecule is CCn1c2ccccc2c2nnc(N3CCC(C)CC3)nc21. The number of piperidine rings is 1. The van der Waals surface area contributed by atoms with Crippen molar-refractivity contribution < 1.29 is 0 Å². The lowest BCUT2D eigenvalue weighted by atomic mass is 10.00. The van der Waals surface area contributed by atoms with E-state index in [1.165, 1.54) is 18.4 Å². The molecule has 0 aliphatic carbocycles. The number of hydrogen-bond donors (Lipinski definition) is 0. The fourth-order valence-electron chi connectivity index (χ4n) is 3.36. The molecule has 5 heteroatoms. The molecule has 3 aromatic rings. The van der Waals surface area contributed by atoms with Gasteiger partial charge in [0.15, 0.2) is 5.65 Å². The molecule has 0 atom stereocenters. The van der Waals surface area contributed by atoms with Crippen LogP contribution in [0.3, 0.4) is 0 Å². The number of nitrogens with zero attached hydrogens (tertiary/aromatic N) is 5. The Morgan fingerprint density at radius 1 is 1.14 bits per heavy atom. The molecule has 1 aliphatic rings. The minimum absolute atomic E-state index is 0.775. The van der Waals surface area contributed by atoms with Crippen LogP contribution in [-0.4, -0.2) is 32.8 Å². The third-order valence-electron chi connectivity index (χ3n) is 4.75. The summed E-state index contributed by atoms with van der Waals surface area (Å²) < 4.78 is 2.23. The van der Waals surface area contributed by atoms with Crippen molar-refractivity contribution in [1.29, 1.82) is 0 Å². The van der Waals surface area contributed by atoms with Gasteiger partial charge in [-0.1, -0.05) is 25.1 Å². The van der Waals surface area contributed by atoms with E-state index in [1.807, 2.05) is 6.07 Å². The molecular weight excluding hydrogens is 274 g/mol. The van der Waals surface area contributed by atoms with Crippen molar-refractivity contribution >= 4 is 28.0 Å². The van der Waals surface area contributed by atoms with Crippen molar-refractivity contribution in [3.63, 3.8) is 0 Å². The number of aromatic nitrogens is 4. The number of benzene rings is 1. The Labute approximate surface area is 130 Å². The van der Waals surface area contributed by atoms with Gasteiger partial charge in [-0.05, 0) is 31.7 Å². The summed E-state index contributed by atoms with van der Waals surface area (Å²) >= 11 is 0. The maximum atomic E-state index is 4.85. The molecule has 2 aromatic heterocycles. The third-order valence-corrected chi connectivity index (χ3v) is 4.75. The second-order valence-corrected chi connectivity index (χ2v) is 6.21. The first kappa shape index (κ1) is 13.5. The lowest BCUT2D eigenvalue weighted by Crippen LogP contribution is -2.34. The molecule has 0 bridgehead atoms. The number of anilines is 1. The van der Waals surface area contributed by atoms with Crippen LogP contribution in [0, 0.1) is 5.92 Å². The summed E-state index contributed by atoms with van der Waals surface area (Å²) in [6.07, 6.45) is 2.41. The van der Waals surface area contributed by atoms with Gasteiger partial charge in [-0.15, -0.1) is 10.2 Å². The molecule has 0 spiro atoms. The molecule has 3 heterocycles. The molecule has 4 rings (SSSR count). The Kier molecular flexibility index (Phi) is 3.21. The van der Waals surface area contributed by atoms with Crippen LogP contribution < -0.4 is 4.90 Å². The van der Waals surface area contributed by atoms with Crippen molar-refractivity contribution in [2.45, 2.75) is 33.2 Å². The van der Waals surface area contributed by atoms with E-state index < -0.39 is 0 Å². The Morgan fingerprint density at radius 2 is 1.91 bits per heavy atom. The first-order valence-corrected chi connectivity index (χ1v) is 8.14. The minimum atomic E-state index is 0.775. The average molecular weight is 295 g/mol. The molecule has 0 N–H and O–H groups in total. The Morgan fingerprint density at radius 3 is 2.68 bits per heavy atom. The molecule has 1 aliphatic heterocycles. The predicted octanol–water partition coefficient (Wildman–Crippen LogP) is 3.24. The fourth-order valence-corrected chi connectivity index (χ4v) is 3.36. The summed E-state index contributed by atoms with van der Waals surface area (Å²) in [5.41, 5.74) is 3.05. The van der Waals surface area contributed by atoms with Gasteiger partial charge >= 0.3 is 0 Å². The summed E-state index contributed by atoms with van der Waals surface area (Å²) in [5.74, 6) is 1.58. The van der Waals surface area contributed by atoms with Crippen LogP contribution >= 0.6 is 0 Å². The quantitative estimate of drug-likeness (QED) is 0.728. The molecular formula is C17H21N5. The summed E-state index contributed by atoms with van der Waals surface area (Å²) in [7, 11) is 0. The van der Waals surface area contributed by atoms with Crippen molar-refractivity contribution in [3.8, 4) is 0 Å². The predicted molar refractivity (Wildman–Crippen MR) is 89.1 cm³/mol. The van der Waals surface area contributed by atoms with E-state index in [1.54, 1.807) is 0 Å². The smallest absolute Gasteiger partial charge is 0.247 e. The normalized spacial score (nSPS) is 16.7. The van der Waals surface area contributed by atoms with Crippen molar-refractivity contribution in [2.24, 2.45) is 5.92 Å². The Hall–Kier alpha value is -2.17. The molecule has 0 saturated carbocycles. The lowest BCUT2D eigenvalue weighted by Gasteiger charge is -2.29. The van der Waals surface area contributed by atoms with Gasteiger partial charge in [0.05, 0.1) is 5.52 Å². The molecule has 0 amide bonds. The van der Waals surface area contributed by atoms with E-state index in [0.29, 0.717) is 0 Å². The number of para-hydroxylation sites is 1. The molecule has 1 fully saturated rings. The maximum Gasteiger partial charge on any atom is 0.247 e. The van der Waals surface area contributed by atoms with Crippen LogP contribution in [0.15, 0.2) is 24.3 Å². The van der Waals surface area contributed by atoms with Crippen molar-refractivity contribution in [1.82, 2.24) is 19.7 Å². The van der Waals surface area contributed by atoms with E-state index in [0.717, 1.165) is 48.1 Å². The van der Waals surface area contributed by atoms with E-state index in [2.05, 4.69) is 51.7 Å². The second kappa shape index (κ2) is 5.23. The van der Waals surface area contributed by atoms with Crippen LogP contribution in [0.2, 0.25) is 0 Å². The molecule has 114 valence electrons. The summed E-state index contributed by atoms with van der Waals surface area (Å²) in [4.78, 5) is 7.12. The van der Waals surface area contributed by atoms with Gasteiger partial charge in [0.1, 0.15) is 5.52 Å². The minimum Gasteiger partial charge on any atom is -0.339 e. The van der Waals surface area contributed by atoms with Gasteiger partial charge in [-0.3, -0.25) is 0 Å². The number of fused-ring (bicyclic) bond motifs is 3. The van der Waals surface area contributed by atoms with Gasteiger partial charge in [0.2, 0.25) is 5.95 Å². The second-order valence-electron chi connectivity index (χ2n) is 6.21. The molecule has 0 radical (unpaired) electrons. The fraction of sp³-hybridized carbons (Fsp3) is 0.471. The number of hydrogen-bond acceptors (Lipinski definition) is 4. The Balaban J connectivity index is 1.85. The molecule has 1 saturated heterocycles. The van der Waals surface area contributed by atoms with Crippen molar-refractivity contribution in [2.75, 3.05) is 18.0 Å². The number of aryl methyl sites for hydroxylation is 1. The van der Waals surface area contributed by atoms with Gasteiger partial charge in [0, 0.05) is 25.0 Å². The monoisotopic (exact) mass is 295 g/mol. The van der Waals surface area contributed by atoms with Gasteiger partial charge in [-0.25, -0.2) is 0 Å². The first-order chi connectivity index (χ1) is 10.8. The van der Waals surface area contributed by atoms with Crippen LogP contribution in [-0.2, 0) is 6.54 Å². The zero-order chi connectivity index (χ0) is 15.1. The lowest BCUT2D eigenvalue weighted by molar-refractivity contribution is 0.434. The van der Waals surface area contributed by atoms with E-state index >= 15 is 0 Å². The van der Waals surface area contributed by atoms with Crippen LogP contribution in [0.25, 0.3) is 22.1 Å². The summed E-state index contributed by atoms with van der Waals surface area (Å²) in [6, 6.07) is 8.34. The van der Waals surface area contributed by atoms with E-state index in [-0.39, 0.29) is 0 Å².